The SMILES string of the molecule is CSc1cc(Nc2cccc(C(F)(F)F)c2)ncn1. The molecule has 0 saturated carbocycles. The number of rotatable bonds is 3. The van der Waals surface area contributed by atoms with Crippen LogP contribution in [0.1, 0.15) is 5.56 Å². The van der Waals surface area contributed by atoms with E-state index >= 15 is 0 Å². The monoisotopic (exact) mass is 285 g/mol. The van der Waals surface area contributed by atoms with Gasteiger partial charge in [-0.1, -0.05) is 6.07 Å². The van der Waals surface area contributed by atoms with Crippen LogP contribution in [0.3, 0.4) is 0 Å². The summed E-state index contributed by atoms with van der Waals surface area (Å²) in [5.41, 5.74) is -0.364. The number of aromatic nitrogens is 2. The minimum Gasteiger partial charge on any atom is -0.340 e. The van der Waals surface area contributed by atoms with E-state index in [1.807, 2.05) is 6.26 Å². The standard InChI is InChI=1S/C12H10F3N3S/c1-19-11-6-10(16-7-17-11)18-9-4-2-3-8(5-9)12(13,14)15/h2-7H,1H3,(H,16,17,18). The molecule has 1 aromatic heterocycles. The number of hydrogen-bond acceptors (Lipinski definition) is 4. The molecule has 3 nitrogen and oxygen atoms in total. The molecule has 7 heteroatoms. The highest BCUT2D eigenvalue weighted by Crippen LogP contribution is 2.31. The van der Waals surface area contributed by atoms with Crippen molar-refractivity contribution < 1.29 is 13.2 Å². The summed E-state index contributed by atoms with van der Waals surface area (Å²) in [6, 6.07) is 6.64. The number of halogens is 3. The Bertz CT molecular complexity index is 572. The van der Waals surface area contributed by atoms with E-state index in [4.69, 9.17) is 0 Å². The zero-order valence-corrected chi connectivity index (χ0v) is 10.7. The van der Waals surface area contributed by atoms with Gasteiger partial charge in [0.2, 0.25) is 0 Å². The number of alkyl halides is 3. The molecule has 0 unspecified atom stereocenters. The quantitative estimate of drug-likeness (QED) is 0.684. The van der Waals surface area contributed by atoms with Crippen LogP contribution in [0.15, 0.2) is 41.7 Å². The summed E-state index contributed by atoms with van der Waals surface area (Å²) in [4.78, 5) is 7.95. The topological polar surface area (TPSA) is 37.8 Å². The Hall–Kier alpha value is -1.76. The van der Waals surface area contributed by atoms with Crippen molar-refractivity contribution in [3.8, 4) is 0 Å². The van der Waals surface area contributed by atoms with Crippen LogP contribution in [0.5, 0.6) is 0 Å². The largest absolute Gasteiger partial charge is 0.416 e. The van der Waals surface area contributed by atoms with Crippen molar-refractivity contribution >= 4 is 23.3 Å². The number of hydrogen-bond donors (Lipinski definition) is 1. The molecule has 2 rings (SSSR count). The van der Waals surface area contributed by atoms with E-state index in [9.17, 15) is 13.2 Å². The molecule has 1 N–H and O–H groups in total. The van der Waals surface area contributed by atoms with E-state index in [0.717, 1.165) is 17.2 Å². The first-order chi connectivity index (χ1) is 8.99. The molecule has 100 valence electrons. The van der Waals surface area contributed by atoms with Crippen molar-refractivity contribution in [2.45, 2.75) is 11.2 Å². The zero-order valence-electron chi connectivity index (χ0n) is 9.90. The summed E-state index contributed by atoms with van der Waals surface area (Å²) in [5, 5.41) is 3.57. The van der Waals surface area contributed by atoms with Crippen molar-refractivity contribution in [1.29, 1.82) is 0 Å². The second kappa shape index (κ2) is 5.48. The van der Waals surface area contributed by atoms with Gasteiger partial charge in [-0.05, 0) is 24.5 Å². The van der Waals surface area contributed by atoms with Gasteiger partial charge in [-0.15, -0.1) is 11.8 Å². The number of nitrogens with zero attached hydrogens (tertiary/aromatic N) is 2. The van der Waals surface area contributed by atoms with E-state index in [1.54, 1.807) is 12.1 Å². The molecule has 0 saturated heterocycles. The molecule has 0 atom stereocenters. The molecular formula is C12H10F3N3S. The molecule has 0 aliphatic rings. The fourth-order valence-corrected chi connectivity index (χ4v) is 1.82. The van der Waals surface area contributed by atoms with Crippen molar-refractivity contribution in [3.63, 3.8) is 0 Å². The van der Waals surface area contributed by atoms with Crippen LogP contribution in [0.2, 0.25) is 0 Å². The fourth-order valence-electron chi connectivity index (χ4n) is 1.44. The van der Waals surface area contributed by atoms with Gasteiger partial charge < -0.3 is 5.32 Å². The molecule has 0 fully saturated rings. The highest BCUT2D eigenvalue weighted by Gasteiger charge is 2.30. The first kappa shape index (κ1) is 13.7. The molecular weight excluding hydrogens is 275 g/mol. The Kier molecular flexibility index (Phi) is 3.94. The van der Waals surface area contributed by atoms with Gasteiger partial charge in [0.1, 0.15) is 17.2 Å². The van der Waals surface area contributed by atoms with Crippen molar-refractivity contribution in [2.75, 3.05) is 11.6 Å². The lowest BCUT2D eigenvalue weighted by Gasteiger charge is -2.10. The predicted molar refractivity (Wildman–Crippen MR) is 68.5 cm³/mol. The second-order valence-corrected chi connectivity index (χ2v) is 4.48. The number of nitrogens with one attached hydrogen (secondary N) is 1. The fraction of sp³-hybridized carbons (Fsp3) is 0.167. The van der Waals surface area contributed by atoms with Crippen LogP contribution in [-0.2, 0) is 6.18 Å². The molecule has 0 aliphatic heterocycles. The van der Waals surface area contributed by atoms with Gasteiger partial charge in [0.15, 0.2) is 0 Å². The van der Waals surface area contributed by atoms with Crippen molar-refractivity contribution in [3.05, 3.63) is 42.2 Å². The number of anilines is 2. The summed E-state index contributed by atoms with van der Waals surface area (Å²) >= 11 is 1.43. The average molecular weight is 285 g/mol. The Balaban J connectivity index is 2.23. The van der Waals surface area contributed by atoms with Gasteiger partial charge in [0.05, 0.1) is 5.56 Å². The highest BCUT2D eigenvalue weighted by atomic mass is 32.2. The summed E-state index contributed by atoms with van der Waals surface area (Å²) < 4.78 is 37.7. The van der Waals surface area contributed by atoms with E-state index < -0.39 is 11.7 Å². The lowest BCUT2D eigenvalue weighted by molar-refractivity contribution is -0.137. The third-order valence-electron chi connectivity index (χ3n) is 2.31. The number of benzene rings is 1. The Morgan fingerprint density at radius 1 is 1.16 bits per heavy atom. The van der Waals surface area contributed by atoms with E-state index in [2.05, 4.69) is 15.3 Å². The maximum atomic E-state index is 12.6. The van der Waals surface area contributed by atoms with Gasteiger partial charge in [-0.3, -0.25) is 0 Å². The first-order valence-corrected chi connectivity index (χ1v) is 6.52. The Labute approximate surface area is 112 Å². The van der Waals surface area contributed by atoms with Crippen LogP contribution in [0.4, 0.5) is 24.7 Å². The molecule has 0 spiro atoms. The summed E-state index contributed by atoms with van der Waals surface area (Å²) in [6.45, 7) is 0. The van der Waals surface area contributed by atoms with E-state index in [-0.39, 0.29) is 0 Å². The first-order valence-electron chi connectivity index (χ1n) is 5.29. The molecule has 0 amide bonds. The van der Waals surface area contributed by atoms with Crippen LogP contribution in [0, 0.1) is 0 Å². The van der Waals surface area contributed by atoms with E-state index in [0.29, 0.717) is 11.5 Å². The lowest BCUT2D eigenvalue weighted by atomic mass is 10.2. The zero-order chi connectivity index (χ0) is 13.9. The molecule has 2 aromatic rings. The second-order valence-electron chi connectivity index (χ2n) is 3.65. The summed E-state index contributed by atoms with van der Waals surface area (Å²) in [5.74, 6) is 0.457. The van der Waals surface area contributed by atoms with Gasteiger partial charge in [-0.2, -0.15) is 13.2 Å². The van der Waals surface area contributed by atoms with Gasteiger partial charge in [0, 0.05) is 11.8 Å². The van der Waals surface area contributed by atoms with Crippen LogP contribution >= 0.6 is 11.8 Å². The van der Waals surface area contributed by atoms with Crippen LogP contribution < -0.4 is 5.32 Å². The Morgan fingerprint density at radius 2 is 1.95 bits per heavy atom. The predicted octanol–water partition coefficient (Wildman–Crippen LogP) is 3.96. The number of thioether (sulfide) groups is 1. The molecule has 1 heterocycles. The normalized spacial score (nSPS) is 11.4. The summed E-state index contributed by atoms with van der Waals surface area (Å²) in [7, 11) is 0. The maximum absolute atomic E-state index is 12.6. The lowest BCUT2D eigenvalue weighted by Crippen LogP contribution is -2.05. The molecule has 1 aromatic carbocycles. The van der Waals surface area contributed by atoms with Crippen LogP contribution in [-0.4, -0.2) is 16.2 Å². The van der Waals surface area contributed by atoms with Crippen molar-refractivity contribution in [1.82, 2.24) is 9.97 Å². The molecule has 19 heavy (non-hydrogen) atoms. The minimum atomic E-state index is -4.35. The third kappa shape index (κ3) is 3.60. The van der Waals surface area contributed by atoms with Gasteiger partial charge in [-0.25, -0.2) is 9.97 Å². The Morgan fingerprint density at radius 3 is 2.63 bits per heavy atom. The summed E-state index contributed by atoms with van der Waals surface area (Å²) in [6.07, 6.45) is -1.13. The molecule has 0 bridgehead atoms. The minimum absolute atomic E-state index is 0.334. The van der Waals surface area contributed by atoms with Gasteiger partial charge >= 0.3 is 6.18 Å². The molecule has 0 aliphatic carbocycles. The van der Waals surface area contributed by atoms with Crippen LogP contribution in [0.25, 0.3) is 0 Å². The maximum Gasteiger partial charge on any atom is 0.416 e. The van der Waals surface area contributed by atoms with E-state index in [1.165, 1.54) is 24.2 Å². The molecule has 0 radical (unpaired) electrons. The third-order valence-corrected chi connectivity index (χ3v) is 2.95. The highest BCUT2D eigenvalue weighted by molar-refractivity contribution is 7.98. The van der Waals surface area contributed by atoms with Gasteiger partial charge in [0.25, 0.3) is 0 Å². The smallest absolute Gasteiger partial charge is 0.340 e. The van der Waals surface area contributed by atoms with Crippen molar-refractivity contribution in [2.24, 2.45) is 0 Å². The average Bonchev–Trinajstić information content (AvgIpc) is 2.38.